The van der Waals surface area contributed by atoms with Crippen molar-refractivity contribution in [1.82, 2.24) is 30.1 Å². The van der Waals surface area contributed by atoms with E-state index in [0.29, 0.717) is 43.9 Å². The van der Waals surface area contributed by atoms with Gasteiger partial charge in [0, 0.05) is 48.7 Å². The van der Waals surface area contributed by atoms with Gasteiger partial charge in [0.2, 0.25) is 11.8 Å². The number of fused-ring (bicyclic) bond motifs is 1. The second kappa shape index (κ2) is 10.4. The number of amides is 2. The zero-order valence-corrected chi connectivity index (χ0v) is 22.7. The molecule has 4 aliphatic rings. The third-order valence-electron chi connectivity index (χ3n) is 8.31. The maximum Gasteiger partial charge on any atom is 0.353 e. The summed E-state index contributed by atoms with van der Waals surface area (Å²) in [4.78, 5) is 54.1. The number of nitrogens with zero attached hydrogens (tertiary/aromatic N) is 5. The summed E-state index contributed by atoms with van der Waals surface area (Å²) in [5.74, 6) is -1.89. The molecule has 0 aromatic carbocycles. The standard InChI is InChI=1S/C25H35N7O5S/c1-12(6-13(2)33)19-20-14(3)22(21(25(36)37)32(20)24(19)35)38-17-7-18(27-9-17)23(34)30-5-4-16(11-30)31-10-15(8-26)28-29-31/h10,12,14,16-20,27H,4-9,11,26H2,1-3H3,(H,36,37)/t12-,14+,16-,17-,18-,19+,20+/m0/s1. The second-order valence-electron chi connectivity index (χ2n) is 11.0. The zero-order chi connectivity index (χ0) is 27.3. The molecule has 0 bridgehead atoms. The Kier molecular flexibility index (Phi) is 7.35. The van der Waals surface area contributed by atoms with Gasteiger partial charge in [-0.25, -0.2) is 9.48 Å². The molecule has 206 valence electrons. The Balaban J connectivity index is 1.22. The molecule has 38 heavy (non-hydrogen) atoms. The van der Waals surface area contributed by atoms with E-state index in [1.165, 1.54) is 23.6 Å². The molecule has 3 fully saturated rings. The number of carbonyl (C=O) groups is 4. The van der Waals surface area contributed by atoms with Crippen molar-refractivity contribution in [1.29, 1.82) is 0 Å². The van der Waals surface area contributed by atoms with Crippen LogP contribution in [-0.4, -0.2) is 90.4 Å². The molecule has 1 aromatic heterocycles. The summed E-state index contributed by atoms with van der Waals surface area (Å²) in [7, 11) is 0. The first kappa shape index (κ1) is 26.8. The molecule has 5 heterocycles. The number of β-lactam (4-membered cyclic amide) rings is 1. The van der Waals surface area contributed by atoms with E-state index in [1.807, 2.05) is 24.9 Å². The zero-order valence-electron chi connectivity index (χ0n) is 21.9. The largest absolute Gasteiger partial charge is 0.477 e. The number of nitrogens with two attached hydrogens (primary N) is 1. The van der Waals surface area contributed by atoms with Crippen molar-refractivity contribution in [2.45, 2.75) is 70.0 Å². The molecule has 12 nitrogen and oxygen atoms in total. The fraction of sp³-hybridized carbons (Fsp3) is 0.680. The van der Waals surface area contributed by atoms with E-state index < -0.39 is 5.97 Å². The molecule has 0 radical (unpaired) electrons. The Morgan fingerprint density at radius 3 is 2.76 bits per heavy atom. The lowest BCUT2D eigenvalue weighted by molar-refractivity contribution is -0.160. The third-order valence-corrected chi connectivity index (χ3v) is 9.82. The van der Waals surface area contributed by atoms with Crippen molar-refractivity contribution in [3.8, 4) is 0 Å². The van der Waals surface area contributed by atoms with E-state index in [-0.39, 0.29) is 64.4 Å². The number of thioether (sulfide) groups is 1. The van der Waals surface area contributed by atoms with E-state index in [0.717, 1.165) is 12.1 Å². The van der Waals surface area contributed by atoms with Crippen LogP contribution in [0.1, 0.15) is 51.8 Å². The van der Waals surface area contributed by atoms with Gasteiger partial charge in [-0.1, -0.05) is 19.1 Å². The van der Waals surface area contributed by atoms with Gasteiger partial charge in [-0.3, -0.25) is 9.59 Å². The molecule has 0 unspecified atom stereocenters. The Bertz CT molecular complexity index is 1180. The Hall–Kier alpha value is -2.77. The van der Waals surface area contributed by atoms with Crippen LogP contribution in [0.25, 0.3) is 0 Å². The Morgan fingerprint density at radius 2 is 2.11 bits per heavy atom. The van der Waals surface area contributed by atoms with Crippen LogP contribution in [0, 0.1) is 17.8 Å². The minimum absolute atomic E-state index is 0.0125. The number of carboxylic acid groups (broad SMARTS) is 1. The number of ketones is 1. The molecular weight excluding hydrogens is 510 g/mol. The predicted octanol–water partition coefficient (Wildman–Crippen LogP) is 0.362. The number of aliphatic carboxylic acids is 1. The number of hydrogen-bond acceptors (Lipinski definition) is 9. The Morgan fingerprint density at radius 1 is 1.34 bits per heavy atom. The fourth-order valence-electron chi connectivity index (χ4n) is 6.47. The van der Waals surface area contributed by atoms with E-state index in [9.17, 15) is 24.3 Å². The lowest BCUT2D eigenvalue weighted by Crippen LogP contribution is -2.62. The first-order valence-electron chi connectivity index (χ1n) is 13.2. The van der Waals surface area contributed by atoms with Gasteiger partial charge in [0.05, 0.1) is 35.9 Å². The minimum Gasteiger partial charge on any atom is -0.477 e. The summed E-state index contributed by atoms with van der Waals surface area (Å²) in [5, 5.41) is 21.5. The molecule has 0 saturated carbocycles. The van der Waals surface area contributed by atoms with Crippen molar-refractivity contribution >= 4 is 35.3 Å². The SMILES string of the molecule is CC(=O)C[C@H](C)[C@H]1C(=O)N2C(C(=O)O)=C(S[C@@H]3CN[C@H](C(=O)N4CC[C@H](n5cc(CN)nn5)C4)C3)[C@H](C)[C@H]12. The molecule has 0 aliphatic carbocycles. The van der Waals surface area contributed by atoms with Gasteiger partial charge in [0.15, 0.2) is 0 Å². The molecule has 5 rings (SSSR count). The van der Waals surface area contributed by atoms with Gasteiger partial charge in [0.25, 0.3) is 0 Å². The van der Waals surface area contributed by atoms with Gasteiger partial charge >= 0.3 is 5.97 Å². The van der Waals surface area contributed by atoms with Gasteiger partial charge in [-0.05, 0) is 25.7 Å². The third kappa shape index (κ3) is 4.64. The van der Waals surface area contributed by atoms with Crippen LogP contribution in [0.15, 0.2) is 16.8 Å². The van der Waals surface area contributed by atoms with Crippen LogP contribution in [-0.2, 0) is 25.7 Å². The number of carbonyl (C=O) groups excluding carboxylic acids is 3. The van der Waals surface area contributed by atoms with E-state index in [1.54, 1.807) is 4.68 Å². The normalized spacial score (nSPS) is 31.5. The van der Waals surface area contributed by atoms with Gasteiger partial charge in [0.1, 0.15) is 11.5 Å². The number of nitrogens with one attached hydrogen (secondary N) is 1. The molecule has 3 saturated heterocycles. The average molecular weight is 546 g/mol. The number of likely N-dealkylation sites (tertiary alicyclic amines) is 1. The Labute approximate surface area is 225 Å². The number of Topliss-reactive ketones (excluding diaryl/α,β-unsaturated/α-hetero) is 1. The highest BCUT2D eigenvalue weighted by Gasteiger charge is 2.60. The van der Waals surface area contributed by atoms with Gasteiger partial charge in [-0.15, -0.1) is 16.9 Å². The van der Waals surface area contributed by atoms with E-state index in [4.69, 9.17) is 5.73 Å². The summed E-state index contributed by atoms with van der Waals surface area (Å²) >= 11 is 1.47. The summed E-state index contributed by atoms with van der Waals surface area (Å²) in [5.41, 5.74) is 6.41. The summed E-state index contributed by atoms with van der Waals surface area (Å²) in [6.07, 6.45) is 3.51. The summed E-state index contributed by atoms with van der Waals surface area (Å²) < 4.78 is 1.78. The minimum atomic E-state index is -1.11. The highest BCUT2D eigenvalue weighted by molar-refractivity contribution is 8.03. The molecule has 1 aromatic rings. The van der Waals surface area contributed by atoms with Gasteiger partial charge in [-0.2, -0.15) is 0 Å². The van der Waals surface area contributed by atoms with Crippen molar-refractivity contribution < 1.29 is 24.3 Å². The van der Waals surface area contributed by atoms with Crippen LogP contribution < -0.4 is 11.1 Å². The molecular formula is C25H35N7O5S. The first-order valence-corrected chi connectivity index (χ1v) is 14.1. The van der Waals surface area contributed by atoms with Crippen LogP contribution >= 0.6 is 11.8 Å². The number of carboxylic acids is 1. The number of hydrogen-bond donors (Lipinski definition) is 3. The molecule has 4 aliphatic heterocycles. The summed E-state index contributed by atoms with van der Waals surface area (Å²) in [6.45, 7) is 7.46. The highest BCUT2D eigenvalue weighted by Crippen LogP contribution is 2.53. The quantitative estimate of drug-likeness (QED) is 0.369. The average Bonchev–Trinajstić information content (AvgIpc) is 3.65. The van der Waals surface area contributed by atoms with Crippen LogP contribution in [0.2, 0.25) is 0 Å². The first-order chi connectivity index (χ1) is 18.1. The number of rotatable bonds is 9. The monoisotopic (exact) mass is 545 g/mol. The van der Waals surface area contributed by atoms with E-state index in [2.05, 4.69) is 15.6 Å². The predicted molar refractivity (Wildman–Crippen MR) is 138 cm³/mol. The molecule has 0 spiro atoms. The van der Waals surface area contributed by atoms with Crippen LogP contribution in [0.5, 0.6) is 0 Å². The smallest absolute Gasteiger partial charge is 0.353 e. The van der Waals surface area contributed by atoms with Crippen LogP contribution in [0.4, 0.5) is 0 Å². The van der Waals surface area contributed by atoms with E-state index >= 15 is 0 Å². The van der Waals surface area contributed by atoms with Crippen molar-refractivity contribution in [3.63, 3.8) is 0 Å². The lowest BCUT2D eigenvalue weighted by atomic mass is 9.73. The topological polar surface area (TPSA) is 164 Å². The molecule has 7 atom stereocenters. The van der Waals surface area contributed by atoms with Crippen molar-refractivity contribution in [3.05, 3.63) is 22.5 Å². The fourth-order valence-corrected chi connectivity index (χ4v) is 7.95. The van der Waals surface area contributed by atoms with Crippen molar-refractivity contribution in [2.24, 2.45) is 23.5 Å². The second-order valence-corrected chi connectivity index (χ2v) is 12.3. The summed E-state index contributed by atoms with van der Waals surface area (Å²) in [6, 6.07) is -0.508. The van der Waals surface area contributed by atoms with Crippen molar-refractivity contribution in [2.75, 3.05) is 19.6 Å². The maximum absolute atomic E-state index is 13.3. The molecule has 2 amide bonds. The van der Waals surface area contributed by atoms with Gasteiger partial charge < -0.3 is 30.8 Å². The molecule has 4 N–H and O–H groups in total. The highest BCUT2D eigenvalue weighted by atomic mass is 32.2. The van der Waals surface area contributed by atoms with Crippen LogP contribution in [0.3, 0.4) is 0 Å². The number of aromatic nitrogens is 3. The molecule has 13 heteroatoms. The maximum atomic E-state index is 13.3. The lowest BCUT2D eigenvalue weighted by Gasteiger charge is -2.47.